The Bertz CT molecular complexity index is 946. The van der Waals surface area contributed by atoms with Crippen molar-refractivity contribution in [2.75, 3.05) is 13.7 Å². The van der Waals surface area contributed by atoms with Crippen LogP contribution in [0.4, 0.5) is 0 Å². The van der Waals surface area contributed by atoms with Gasteiger partial charge in [-0.25, -0.2) is 10.8 Å². The lowest BCUT2D eigenvalue weighted by Gasteiger charge is -2.27. The van der Waals surface area contributed by atoms with Crippen LogP contribution < -0.4 is 16.3 Å². The first-order valence-electron chi connectivity index (χ1n) is 10.8. The van der Waals surface area contributed by atoms with Gasteiger partial charge in [0.1, 0.15) is 5.75 Å². The van der Waals surface area contributed by atoms with Crippen LogP contribution in [0.3, 0.4) is 0 Å². The van der Waals surface area contributed by atoms with Crippen molar-refractivity contribution < 1.29 is 19.4 Å². The maximum atomic E-state index is 11.3. The van der Waals surface area contributed by atoms with Crippen LogP contribution in [-0.4, -0.2) is 40.8 Å². The van der Waals surface area contributed by atoms with E-state index < -0.39 is 5.97 Å². The highest BCUT2D eigenvalue weighted by Gasteiger charge is 2.28. The van der Waals surface area contributed by atoms with E-state index in [4.69, 9.17) is 21.1 Å². The van der Waals surface area contributed by atoms with Crippen molar-refractivity contribution in [2.45, 2.75) is 45.3 Å². The molecule has 0 radical (unpaired) electrons. The number of carboxylic acids is 1. The Hall–Kier alpha value is -3.10. The Kier molecular flexibility index (Phi) is 8.08. The van der Waals surface area contributed by atoms with Crippen LogP contribution in [0.2, 0.25) is 0 Å². The standard InChI is InChI=1S/C24H32N4O4/c1-16-22(32-19-10-6-9-18(13-19)24(29)30)12-11-20(27-16)23(25)21(28(2)26)15-31-14-17-7-4-3-5-8-17/h3-5,7-8,11-12,18-19H,6,9-10,13-15,25-26H2,1-2H3,(H,29,30)/b23-21-/t18-,19-/m0/s1. The third kappa shape index (κ3) is 6.21. The molecule has 172 valence electrons. The van der Waals surface area contributed by atoms with Crippen molar-refractivity contribution in [3.63, 3.8) is 0 Å². The zero-order chi connectivity index (χ0) is 23.1. The van der Waals surface area contributed by atoms with Gasteiger partial charge in [0.05, 0.1) is 48.0 Å². The molecule has 5 N–H and O–H groups in total. The normalized spacial score (nSPS) is 19.2. The largest absolute Gasteiger partial charge is 0.489 e. The Morgan fingerprint density at radius 1 is 1.22 bits per heavy atom. The maximum Gasteiger partial charge on any atom is 0.306 e. The first-order valence-corrected chi connectivity index (χ1v) is 10.8. The van der Waals surface area contributed by atoms with Crippen LogP contribution in [0.15, 0.2) is 48.2 Å². The van der Waals surface area contributed by atoms with Crippen molar-refractivity contribution >= 4 is 11.7 Å². The first kappa shape index (κ1) is 23.6. The quantitative estimate of drug-likeness (QED) is 0.401. The number of hydrogen-bond acceptors (Lipinski definition) is 7. The second-order valence-electron chi connectivity index (χ2n) is 8.17. The minimum absolute atomic E-state index is 0.124. The minimum atomic E-state index is -0.755. The molecule has 1 aliphatic carbocycles. The lowest BCUT2D eigenvalue weighted by molar-refractivity contribution is -0.143. The number of aliphatic carboxylic acids is 1. The molecule has 0 aliphatic heterocycles. The van der Waals surface area contributed by atoms with Gasteiger partial charge >= 0.3 is 5.97 Å². The molecule has 1 aromatic heterocycles. The summed E-state index contributed by atoms with van der Waals surface area (Å²) in [5.41, 5.74) is 9.77. The Balaban J connectivity index is 1.69. The highest BCUT2D eigenvalue weighted by molar-refractivity contribution is 5.70. The fourth-order valence-corrected chi connectivity index (χ4v) is 3.84. The number of benzene rings is 1. The lowest BCUT2D eigenvalue weighted by atomic mass is 9.87. The summed E-state index contributed by atoms with van der Waals surface area (Å²) < 4.78 is 11.9. The molecule has 0 bridgehead atoms. The fraction of sp³-hybridized carbons (Fsp3) is 0.417. The van der Waals surface area contributed by atoms with Crippen LogP contribution in [-0.2, 0) is 16.1 Å². The summed E-state index contributed by atoms with van der Waals surface area (Å²) in [5, 5.41) is 10.7. The third-order valence-corrected chi connectivity index (χ3v) is 5.67. The number of hydrazine groups is 1. The van der Waals surface area contributed by atoms with E-state index in [0.29, 0.717) is 48.0 Å². The summed E-state index contributed by atoms with van der Waals surface area (Å²) >= 11 is 0. The molecule has 1 fully saturated rings. The minimum Gasteiger partial charge on any atom is -0.489 e. The average Bonchev–Trinajstić information content (AvgIpc) is 2.78. The molecule has 0 spiro atoms. The van der Waals surface area contributed by atoms with Gasteiger partial charge in [0.25, 0.3) is 0 Å². The van der Waals surface area contributed by atoms with Gasteiger partial charge in [-0.3, -0.25) is 4.79 Å². The summed E-state index contributed by atoms with van der Waals surface area (Å²) in [7, 11) is 1.71. The van der Waals surface area contributed by atoms with Gasteiger partial charge in [-0.05, 0) is 50.3 Å². The number of pyridine rings is 1. The Morgan fingerprint density at radius 3 is 2.62 bits per heavy atom. The lowest BCUT2D eigenvalue weighted by Crippen LogP contribution is -2.30. The van der Waals surface area contributed by atoms with Gasteiger partial charge in [-0.15, -0.1) is 0 Å². The zero-order valence-electron chi connectivity index (χ0n) is 18.7. The van der Waals surface area contributed by atoms with Gasteiger partial charge in [0.2, 0.25) is 0 Å². The van der Waals surface area contributed by atoms with E-state index in [9.17, 15) is 9.90 Å². The van der Waals surface area contributed by atoms with Crippen LogP contribution in [0, 0.1) is 12.8 Å². The van der Waals surface area contributed by atoms with Crippen molar-refractivity contribution in [2.24, 2.45) is 17.5 Å². The number of aromatic nitrogens is 1. The number of hydrogen-bond donors (Lipinski definition) is 3. The first-order chi connectivity index (χ1) is 15.3. The van der Waals surface area contributed by atoms with E-state index in [2.05, 4.69) is 4.98 Å². The number of aryl methyl sites for hydroxylation is 1. The van der Waals surface area contributed by atoms with Crippen LogP contribution >= 0.6 is 0 Å². The Labute approximate surface area is 188 Å². The summed E-state index contributed by atoms with van der Waals surface area (Å²) in [6.07, 6.45) is 2.78. The fourth-order valence-electron chi connectivity index (χ4n) is 3.84. The molecule has 0 amide bonds. The average molecular weight is 441 g/mol. The van der Waals surface area contributed by atoms with E-state index in [0.717, 1.165) is 18.4 Å². The Morgan fingerprint density at radius 2 is 1.97 bits per heavy atom. The predicted molar refractivity (Wildman–Crippen MR) is 122 cm³/mol. The molecule has 3 rings (SSSR count). The number of carboxylic acid groups (broad SMARTS) is 1. The smallest absolute Gasteiger partial charge is 0.306 e. The van der Waals surface area contributed by atoms with Gasteiger partial charge < -0.3 is 25.3 Å². The molecule has 2 aromatic rings. The van der Waals surface area contributed by atoms with Crippen LogP contribution in [0.1, 0.15) is 42.6 Å². The third-order valence-electron chi connectivity index (χ3n) is 5.67. The van der Waals surface area contributed by atoms with Crippen molar-refractivity contribution in [3.05, 3.63) is 65.1 Å². The van der Waals surface area contributed by atoms with Crippen molar-refractivity contribution in [1.29, 1.82) is 0 Å². The molecule has 32 heavy (non-hydrogen) atoms. The number of nitrogens with two attached hydrogens (primary N) is 2. The molecule has 1 aromatic carbocycles. The molecule has 1 saturated carbocycles. The molecule has 8 heteroatoms. The topological polar surface area (TPSA) is 124 Å². The van der Waals surface area contributed by atoms with Crippen molar-refractivity contribution in [3.8, 4) is 5.75 Å². The summed E-state index contributed by atoms with van der Waals surface area (Å²) in [5.74, 6) is 5.53. The number of likely N-dealkylation sites (N-methyl/N-ethyl adjacent to an activating group) is 1. The van der Waals surface area contributed by atoms with Crippen LogP contribution in [0.5, 0.6) is 5.75 Å². The summed E-state index contributed by atoms with van der Waals surface area (Å²) in [4.78, 5) is 15.9. The van der Waals surface area contributed by atoms with Gasteiger partial charge in [0, 0.05) is 7.05 Å². The van der Waals surface area contributed by atoms with Crippen LogP contribution in [0.25, 0.3) is 5.70 Å². The monoisotopic (exact) mass is 440 g/mol. The highest BCUT2D eigenvalue weighted by atomic mass is 16.5. The second kappa shape index (κ2) is 11.0. The van der Waals surface area contributed by atoms with E-state index in [1.807, 2.05) is 43.3 Å². The van der Waals surface area contributed by atoms with Crippen molar-refractivity contribution in [1.82, 2.24) is 9.99 Å². The molecule has 1 aliphatic rings. The second-order valence-corrected chi connectivity index (χ2v) is 8.17. The molecule has 0 unspecified atom stereocenters. The molecular formula is C24H32N4O4. The SMILES string of the molecule is Cc1nc(/C(N)=C(\COCc2ccccc2)N(C)N)ccc1O[C@H]1CCC[C@H](C(=O)O)C1. The number of ether oxygens (including phenoxy) is 2. The van der Waals surface area contributed by atoms with E-state index in [1.165, 1.54) is 5.01 Å². The van der Waals surface area contributed by atoms with Gasteiger partial charge in [-0.1, -0.05) is 30.3 Å². The molecule has 2 atom stereocenters. The maximum absolute atomic E-state index is 11.3. The summed E-state index contributed by atoms with van der Waals surface area (Å²) in [6, 6.07) is 13.5. The molecule has 8 nitrogen and oxygen atoms in total. The molecule has 1 heterocycles. The van der Waals surface area contributed by atoms with E-state index in [1.54, 1.807) is 13.1 Å². The number of rotatable bonds is 9. The summed E-state index contributed by atoms with van der Waals surface area (Å²) in [6.45, 7) is 2.54. The van der Waals surface area contributed by atoms with E-state index in [-0.39, 0.29) is 18.6 Å². The van der Waals surface area contributed by atoms with Gasteiger partial charge in [0.15, 0.2) is 0 Å². The van der Waals surface area contributed by atoms with Gasteiger partial charge in [-0.2, -0.15) is 0 Å². The number of nitrogens with zero attached hydrogens (tertiary/aromatic N) is 2. The van der Waals surface area contributed by atoms with E-state index >= 15 is 0 Å². The predicted octanol–water partition coefficient (Wildman–Crippen LogP) is 3.06. The number of carbonyl (C=O) groups is 1. The molecule has 0 saturated heterocycles. The highest BCUT2D eigenvalue weighted by Crippen LogP contribution is 2.29. The molecular weight excluding hydrogens is 408 g/mol. The zero-order valence-corrected chi connectivity index (χ0v) is 18.7.